The molecule has 0 spiro atoms. The number of nitrogens with one attached hydrogen (secondary N) is 1. The van der Waals surface area contributed by atoms with Crippen LogP contribution in [0.1, 0.15) is 30.2 Å². The van der Waals surface area contributed by atoms with Crippen molar-refractivity contribution in [1.29, 1.82) is 0 Å². The zero-order chi connectivity index (χ0) is 15.4. The second-order valence-electron chi connectivity index (χ2n) is 4.36. The molecule has 0 radical (unpaired) electrons. The summed E-state index contributed by atoms with van der Waals surface area (Å²) in [7, 11) is 0. The molecule has 0 saturated carbocycles. The van der Waals surface area contributed by atoms with Crippen LogP contribution in [0.2, 0.25) is 0 Å². The third kappa shape index (κ3) is 3.79. The molecule has 0 atom stereocenters. The number of hydrogen-bond donors (Lipinski definition) is 2. The van der Waals surface area contributed by atoms with Gasteiger partial charge >= 0.3 is 0 Å². The van der Waals surface area contributed by atoms with E-state index < -0.39 is 5.91 Å². The Labute approximate surface area is 129 Å². The molecule has 2 aromatic rings. The molecule has 3 N–H and O–H groups in total. The van der Waals surface area contributed by atoms with Crippen molar-refractivity contribution in [2.45, 2.75) is 25.0 Å². The average Bonchev–Trinajstić information content (AvgIpc) is 3.04. The fourth-order valence-corrected chi connectivity index (χ4v) is 3.11. The molecule has 0 aliphatic heterocycles. The number of aromatic nitrogens is 4. The average molecular weight is 326 g/mol. The predicted molar refractivity (Wildman–Crippen MR) is 80.4 cm³/mol. The summed E-state index contributed by atoms with van der Waals surface area (Å²) < 4.78 is 1.64. The lowest BCUT2D eigenvalue weighted by Gasteiger charge is -2.07. The number of hydrogen-bond acceptors (Lipinski definition) is 7. The standard InChI is InChI=1S/C11H14N6O2S2/c1-6(2)17-11(14-15-16-17)21-5-8(18)13-10-7(9(12)19)3-4-20-10/h3-4,6H,5H2,1-2H3,(H2,12,19)(H,13,18). The Kier molecular flexibility index (Phi) is 4.91. The van der Waals surface area contributed by atoms with Crippen molar-refractivity contribution in [1.82, 2.24) is 20.2 Å². The number of primary amides is 1. The number of thiophene rings is 1. The monoisotopic (exact) mass is 326 g/mol. The van der Waals surface area contributed by atoms with Crippen LogP contribution in [0.5, 0.6) is 0 Å². The molecule has 0 aliphatic carbocycles. The number of carbonyl (C=O) groups excluding carboxylic acids is 2. The van der Waals surface area contributed by atoms with Gasteiger partial charge in [0.25, 0.3) is 5.91 Å². The number of nitrogens with zero attached hydrogens (tertiary/aromatic N) is 4. The van der Waals surface area contributed by atoms with Crippen LogP contribution < -0.4 is 11.1 Å². The highest BCUT2D eigenvalue weighted by Gasteiger charge is 2.15. The lowest BCUT2D eigenvalue weighted by Crippen LogP contribution is -2.18. The molecule has 0 saturated heterocycles. The van der Waals surface area contributed by atoms with Crippen molar-refractivity contribution in [3.63, 3.8) is 0 Å². The molecule has 0 fully saturated rings. The second kappa shape index (κ2) is 6.68. The van der Waals surface area contributed by atoms with Gasteiger partial charge in [-0.2, -0.15) is 0 Å². The van der Waals surface area contributed by atoms with Gasteiger partial charge in [-0.05, 0) is 35.7 Å². The van der Waals surface area contributed by atoms with Gasteiger partial charge < -0.3 is 11.1 Å². The van der Waals surface area contributed by atoms with Gasteiger partial charge in [-0.25, -0.2) is 4.68 Å². The van der Waals surface area contributed by atoms with Crippen molar-refractivity contribution in [2.24, 2.45) is 5.73 Å². The topological polar surface area (TPSA) is 116 Å². The fraction of sp³-hybridized carbons (Fsp3) is 0.364. The SMILES string of the molecule is CC(C)n1nnnc1SCC(=O)Nc1sccc1C(N)=O. The first-order chi connectivity index (χ1) is 9.99. The van der Waals surface area contributed by atoms with Crippen LogP contribution in [0, 0.1) is 0 Å². The minimum Gasteiger partial charge on any atom is -0.366 e. The molecule has 112 valence electrons. The summed E-state index contributed by atoms with van der Waals surface area (Å²) in [5.74, 6) is -0.672. The lowest BCUT2D eigenvalue weighted by atomic mass is 10.3. The van der Waals surface area contributed by atoms with Gasteiger partial charge in [0.1, 0.15) is 5.00 Å². The number of rotatable bonds is 6. The number of amides is 2. The van der Waals surface area contributed by atoms with Crippen molar-refractivity contribution in [3.8, 4) is 0 Å². The summed E-state index contributed by atoms with van der Waals surface area (Å²) in [5, 5.41) is 16.7. The zero-order valence-electron chi connectivity index (χ0n) is 11.4. The van der Waals surface area contributed by atoms with Gasteiger partial charge in [-0.15, -0.1) is 16.4 Å². The molecule has 0 bridgehead atoms. The zero-order valence-corrected chi connectivity index (χ0v) is 13.1. The first-order valence-electron chi connectivity index (χ1n) is 6.07. The largest absolute Gasteiger partial charge is 0.366 e. The molecule has 2 aromatic heterocycles. The highest BCUT2D eigenvalue weighted by molar-refractivity contribution is 7.99. The Bertz CT molecular complexity index is 651. The van der Waals surface area contributed by atoms with Crippen molar-refractivity contribution >= 4 is 39.9 Å². The van der Waals surface area contributed by atoms with Gasteiger partial charge in [-0.3, -0.25) is 9.59 Å². The van der Waals surface area contributed by atoms with E-state index in [0.717, 1.165) is 0 Å². The lowest BCUT2D eigenvalue weighted by molar-refractivity contribution is -0.113. The van der Waals surface area contributed by atoms with E-state index in [9.17, 15) is 9.59 Å². The van der Waals surface area contributed by atoms with Gasteiger partial charge in [0, 0.05) is 0 Å². The van der Waals surface area contributed by atoms with E-state index >= 15 is 0 Å². The Morgan fingerprint density at radius 3 is 2.95 bits per heavy atom. The normalized spacial score (nSPS) is 10.8. The van der Waals surface area contributed by atoms with Gasteiger partial charge in [-0.1, -0.05) is 11.8 Å². The molecule has 2 heterocycles. The number of tetrazole rings is 1. The molecule has 0 aromatic carbocycles. The van der Waals surface area contributed by atoms with Gasteiger partial charge in [0.15, 0.2) is 0 Å². The van der Waals surface area contributed by atoms with Crippen LogP contribution in [0.15, 0.2) is 16.6 Å². The molecule has 2 amide bonds. The summed E-state index contributed by atoms with van der Waals surface area (Å²) in [6, 6.07) is 1.69. The molecule has 2 rings (SSSR count). The fourth-order valence-electron chi connectivity index (χ4n) is 1.50. The molecule has 21 heavy (non-hydrogen) atoms. The third-order valence-corrected chi connectivity index (χ3v) is 4.23. The molecular formula is C11H14N6O2S2. The van der Waals surface area contributed by atoms with Gasteiger partial charge in [0.2, 0.25) is 11.1 Å². The molecule has 8 nitrogen and oxygen atoms in total. The van der Waals surface area contributed by atoms with E-state index in [1.807, 2.05) is 13.8 Å². The number of anilines is 1. The first kappa shape index (κ1) is 15.4. The minimum atomic E-state index is -0.567. The van der Waals surface area contributed by atoms with Gasteiger partial charge in [0.05, 0.1) is 17.4 Å². The van der Waals surface area contributed by atoms with E-state index in [1.165, 1.54) is 23.1 Å². The summed E-state index contributed by atoms with van der Waals surface area (Å²) in [6.07, 6.45) is 0. The van der Waals surface area contributed by atoms with Crippen molar-refractivity contribution in [3.05, 3.63) is 17.0 Å². The van der Waals surface area contributed by atoms with Crippen molar-refractivity contribution in [2.75, 3.05) is 11.1 Å². The maximum absolute atomic E-state index is 11.9. The van der Waals surface area contributed by atoms with Crippen LogP contribution in [0.3, 0.4) is 0 Å². The summed E-state index contributed by atoms with van der Waals surface area (Å²) in [4.78, 5) is 23.1. The maximum atomic E-state index is 11.9. The van der Waals surface area contributed by atoms with E-state index in [0.29, 0.717) is 15.7 Å². The Morgan fingerprint density at radius 1 is 1.52 bits per heavy atom. The van der Waals surface area contributed by atoms with E-state index in [4.69, 9.17) is 5.73 Å². The quantitative estimate of drug-likeness (QED) is 0.769. The number of carbonyl (C=O) groups is 2. The third-order valence-electron chi connectivity index (χ3n) is 2.47. The van der Waals surface area contributed by atoms with Crippen LogP contribution in [-0.4, -0.2) is 37.8 Å². The van der Waals surface area contributed by atoms with Crippen LogP contribution in [0.25, 0.3) is 0 Å². The minimum absolute atomic E-state index is 0.115. The molecular weight excluding hydrogens is 312 g/mol. The Hall–Kier alpha value is -1.94. The van der Waals surface area contributed by atoms with E-state index in [2.05, 4.69) is 20.8 Å². The van der Waals surface area contributed by atoms with E-state index in [-0.39, 0.29) is 17.7 Å². The summed E-state index contributed by atoms with van der Waals surface area (Å²) >= 11 is 2.48. The Morgan fingerprint density at radius 2 is 2.29 bits per heavy atom. The smallest absolute Gasteiger partial charge is 0.251 e. The predicted octanol–water partition coefficient (Wildman–Crippen LogP) is 1.15. The maximum Gasteiger partial charge on any atom is 0.251 e. The number of thioether (sulfide) groups is 1. The first-order valence-corrected chi connectivity index (χ1v) is 7.93. The highest BCUT2D eigenvalue weighted by Crippen LogP contribution is 2.23. The molecule has 10 heteroatoms. The highest BCUT2D eigenvalue weighted by atomic mass is 32.2. The Balaban J connectivity index is 1.95. The van der Waals surface area contributed by atoms with Crippen LogP contribution in [0.4, 0.5) is 5.00 Å². The molecule has 0 aliphatic rings. The summed E-state index contributed by atoms with van der Waals surface area (Å²) in [5.41, 5.74) is 5.53. The summed E-state index contributed by atoms with van der Waals surface area (Å²) in [6.45, 7) is 3.90. The van der Waals surface area contributed by atoms with Crippen LogP contribution in [-0.2, 0) is 4.79 Å². The van der Waals surface area contributed by atoms with E-state index in [1.54, 1.807) is 16.1 Å². The second-order valence-corrected chi connectivity index (χ2v) is 6.22. The number of nitrogens with two attached hydrogens (primary N) is 1. The molecule has 0 unspecified atom stereocenters. The van der Waals surface area contributed by atoms with Crippen LogP contribution >= 0.6 is 23.1 Å². The van der Waals surface area contributed by atoms with Crippen molar-refractivity contribution < 1.29 is 9.59 Å².